The number of aromatic nitrogens is 2. The molecule has 2 aromatic heterocycles. The highest BCUT2D eigenvalue weighted by Gasteiger charge is 2.17. The summed E-state index contributed by atoms with van der Waals surface area (Å²) in [4.78, 5) is 12.2. The molecule has 0 saturated heterocycles. The van der Waals surface area contributed by atoms with Crippen molar-refractivity contribution in [3.05, 3.63) is 53.5 Å². The lowest BCUT2D eigenvalue weighted by Gasteiger charge is -1.93. The first-order valence-electron chi connectivity index (χ1n) is 5.68. The topological polar surface area (TPSA) is 48.0 Å². The van der Waals surface area contributed by atoms with E-state index in [1.54, 1.807) is 30.1 Å². The van der Waals surface area contributed by atoms with Crippen molar-refractivity contribution in [2.45, 2.75) is 6.92 Å². The molecule has 0 radical (unpaired) electrons. The van der Waals surface area contributed by atoms with E-state index in [-0.39, 0.29) is 5.78 Å². The van der Waals surface area contributed by atoms with E-state index >= 15 is 0 Å². The van der Waals surface area contributed by atoms with E-state index < -0.39 is 0 Å². The van der Waals surface area contributed by atoms with Crippen LogP contribution in [0.3, 0.4) is 0 Å². The smallest absolute Gasteiger partial charge is 0.248 e. The van der Waals surface area contributed by atoms with Gasteiger partial charge in [0.2, 0.25) is 5.78 Å². The molecular formula is C14H12N2O2. The van der Waals surface area contributed by atoms with Gasteiger partial charge in [-0.2, -0.15) is 5.10 Å². The van der Waals surface area contributed by atoms with E-state index in [9.17, 15) is 4.79 Å². The van der Waals surface area contributed by atoms with Crippen LogP contribution < -0.4 is 0 Å². The van der Waals surface area contributed by atoms with Crippen LogP contribution in [0.15, 0.2) is 40.9 Å². The number of fused-ring (bicyclic) bond motifs is 1. The fourth-order valence-electron chi connectivity index (χ4n) is 1.98. The zero-order valence-electron chi connectivity index (χ0n) is 10.2. The molecule has 0 aliphatic heterocycles. The molecule has 1 aromatic carbocycles. The third kappa shape index (κ3) is 1.62. The van der Waals surface area contributed by atoms with Crippen molar-refractivity contribution in [1.82, 2.24) is 9.78 Å². The van der Waals surface area contributed by atoms with Crippen LogP contribution in [0, 0.1) is 6.92 Å². The average Bonchev–Trinajstić information content (AvgIpc) is 2.95. The van der Waals surface area contributed by atoms with Crippen molar-refractivity contribution < 1.29 is 9.21 Å². The highest BCUT2D eigenvalue weighted by atomic mass is 16.3. The first kappa shape index (κ1) is 10.8. The zero-order valence-corrected chi connectivity index (χ0v) is 10.2. The van der Waals surface area contributed by atoms with Crippen LogP contribution in [-0.2, 0) is 7.05 Å². The van der Waals surface area contributed by atoms with E-state index in [0.717, 1.165) is 16.5 Å². The molecular weight excluding hydrogens is 228 g/mol. The van der Waals surface area contributed by atoms with Crippen molar-refractivity contribution in [2.75, 3.05) is 0 Å². The summed E-state index contributed by atoms with van der Waals surface area (Å²) in [5.74, 6) is 0.143. The van der Waals surface area contributed by atoms with Crippen molar-refractivity contribution in [3.63, 3.8) is 0 Å². The minimum atomic E-state index is -0.189. The van der Waals surface area contributed by atoms with E-state index in [0.29, 0.717) is 11.5 Å². The Labute approximate surface area is 104 Å². The van der Waals surface area contributed by atoms with Crippen molar-refractivity contribution in [2.24, 2.45) is 7.05 Å². The Hall–Kier alpha value is -2.36. The number of benzene rings is 1. The lowest BCUT2D eigenvalue weighted by molar-refractivity contribution is 0.101. The summed E-state index contributed by atoms with van der Waals surface area (Å²) in [6, 6.07) is 9.28. The summed E-state index contributed by atoms with van der Waals surface area (Å²) < 4.78 is 7.22. The highest BCUT2D eigenvalue weighted by Crippen LogP contribution is 2.23. The number of rotatable bonds is 2. The van der Waals surface area contributed by atoms with Crippen molar-refractivity contribution in [3.8, 4) is 0 Å². The predicted octanol–water partition coefficient (Wildman–Crippen LogP) is 2.71. The second kappa shape index (κ2) is 3.84. The van der Waals surface area contributed by atoms with Crippen LogP contribution in [-0.4, -0.2) is 15.6 Å². The molecule has 90 valence electrons. The summed E-state index contributed by atoms with van der Waals surface area (Å²) in [6.07, 6.45) is 1.74. The maximum atomic E-state index is 12.2. The maximum absolute atomic E-state index is 12.2. The zero-order chi connectivity index (χ0) is 12.7. The van der Waals surface area contributed by atoms with Crippen LogP contribution in [0.2, 0.25) is 0 Å². The minimum absolute atomic E-state index is 0.189. The fourth-order valence-corrected chi connectivity index (χ4v) is 1.98. The summed E-state index contributed by atoms with van der Waals surface area (Å²) in [7, 11) is 1.78. The van der Waals surface area contributed by atoms with Gasteiger partial charge < -0.3 is 4.42 Å². The second-order valence-corrected chi connectivity index (χ2v) is 4.31. The van der Waals surface area contributed by atoms with Gasteiger partial charge in [-0.1, -0.05) is 18.2 Å². The molecule has 18 heavy (non-hydrogen) atoms. The molecule has 0 aliphatic carbocycles. The standard InChI is InChI=1S/C14H12N2O2/c1-9-4-3-5-10-8-12(18-14(9)10)13(17)11-6-7-16(2)15-11/h3-8H,1-2H3. The molecule has 0 unspecified atom stereocenters. The lowest BCUT2D eigenvalue weighted by atomic mass is 10.1. The van der Waals surface area contributed by atoms with E-state index in [1.165, 1.54) is 0 Å². The van der Waals surface area contributed by atoms with Gasteiger partial charge in [-0.3, -0.25) is 9.48 Å². The minimum Gasteiger partial charge on any atom is -0.452 e. The van der Waals surface area contributed by atoms with Gasteiger partial charge in [0.25, 0.3) is 0 Å². The van der Waals surface area contributed by atoms with Gasteiger partial charge in [0, 0.05) is 18.6 Å². The molecule has 0 saturated carbocycles. The normalized spacial score (nSPS) is 11.0. The van der Waals surface area contributed by atoms with Gasteiger partial charge in [0.05, 0.1) is 0 Å². The summed E-state index contributed by atoms with van der Waals surface area (Å²) in [6.45, 7) is 1.96. The van der Waals surface area contributed by atoms with Crippen LogP contribution in [0.25, 0.3) is 11.0 Å². The molecule has 3 aromatic rings. The molecule has 2 heterocycles. The largest absolute Gasteiger partial charge is 0.452 e. The first-order valence-corrected chi connectivity index (χ1v) is 5.68. The van der Waals surface area contributed by atoms with Crippen LogP contribution >= 0.6 is 0 Å². The highest BCUT2D eigenvalue weighted by molar-refractivity contribution is 6.07. The van der Waals surface area contributed by atoms with Gasteiger partial charge >= 0.3 is 0 Å². The summed E-state index contributed by atoms with van der Waals surface area (Å²) >= 11 is 0. The molecule has 0 aliphatic rings. The Bertz CT molecular complexity index is 737. The molecule has 0 atom stereocenters. The fraction of sp³-hybridized carbons (Fsp3) is 0.143. The van der Waals surface area contributed by atoms with Crippen LogP contribution in [0.4, 0.5) is 0 Å². The molecule has 0 N–H and O–H groups in total. The Morgan fingerprint density at radius 1 is 1.33 bits per heavy atom. The van der Waals surface area contributed by atoms with Gasteiger partial charge in [-0.05, 0) is 24.6 Å². The van der Waals surface area contributed by atoms with Crippen LogP contribution in [0.1, 0.15) is 21.8 Å². The lowest BCUT2D eigenvalue weighted by Crippen LogP contribution is -2.01. The van der Waals surface area contributed by atoms with E-state index in [2.05, 4.69) is 5.10 Å². The average molecular weight is 240 g/mol. The number of para-hydroxylation sites is 1. The number of ketones is 1. The monoisotopic (exact) mass is 240 g/mol. The van der Waals surface area contributed by atoms with Gasteiger partial charge in [0.1, 0.15) is 11.3 Å². The molecule has 4 nitrogen and oxygen atoms in total. The molecule has 0 bridgehead atoms. The van der Waals surface area contributed by atoms with Crippen molar-refractivity contribution in [1.29, 1.82) is 0 Å². The maximum Gasteiger partial charge on any atom is 0.248 e. The number of carbonyl (C=O) groups excluding carboxylic acids is 1. The van der Waals surface area contributed by atoms with E-state index in [1.807, 2.05) is 25.1 Å². The van der Waals surface area contributed by atoms with Crippen LogP contribution in [0.5, 0.6) is 0 Å². The summed E-state index contributed by atoms with van der Waals surface area (Å²) in [5.41, 5.74) is 2.18. The summed E-state index contributed by atoms with van der Waals surface area (Å²) in [5, 5.41) is 5.03. The number of carbonyl (C=O) groups is 1. The molecule has 0 fully saturated rings. The Morgan fingerprint density at radius 2 is 2.17 bits per heavy atom. The number of hydrogen-bond acceptors (Lipinski definition) is 3. The Kier molecular flexibility index (Phi) is 2.30. The SMILES string of the molecule is Cc1cccc2cc(C(=O)c3ccn(C)n3)oc12. The van der Waals surface area contributed by atoms with E-state index in [4.69, 9.17) is 4.42 Å². The third-order valence-electron chi connectivity index (χ3n) is 2.91. The number of aryl methyl sites for hydroxylation is 2. The Balaban J connectivity index is 2.10. The molecule has 3 rings (SSSR count). The molecule has 0 spiro atoms. The number of hydrogen-bond donors (Lipinski definition) is 0. The van der Waals surface area contributed by atoms with Gasteiger partial charge in [-0.15, -0.1) is 0 Å². The second-order valence-electron chi connectivity index (χ2n) is 4.31. The van der Waals surface area contributed by atoms with Gasteiger partial charge in [-0.25, -0.2) is 0 Å². The number of furan rings is 1. The first-order chi connectivity index (χ1) is 8.65. The van der Waals surface area contributed by atoms with Crippen molar-refractivity contribution >= 4 is 16.8 Å². The Morgan fingerprint density at radius 3 is 2.83 bits per heavy atom. The third-order valence-corrected chi connectivity index (χ3v) is 2.91. The quantitative estimate of drug-likeness (QED) is 0.647. The van der Waals surface area contributed by atoms with Gasteiger partial charge in [0.15, 0.2) is 5.76 Å². The molecule has 0 amide bonds. The molecule has 4 heteroatoms. The predicted molar refractivity (Wildman–Crippen MR) is 67.6 cm³/mol. The number of nitrogens with zero attached hydrogens (tertiary/aromatic N) is 2.